The molecule has 0 radical (unpaired) electrons. The summed E-state index contributed by atoms with van der Waals surface area (Å²) in [4.78, 5) is 0. The van der Waals surface area contributed by atoms with Crippen molar-refractivity contribution in [3.8, 4) is 0 Å². The molecule has 1 unspecified atom stereocenters. The minimum absolute atomic E-state index is 0.104. The Labute approximate surface area is 93.6 Å². The van der Waals surface area contributed by atoms with Crippen molar-refractivity contribution in [1.82, 2.24) is 0 Å². The summed E-state index contributed by atoms with van der Waals surface area (Å²) in [5.41, 5.74) is 0.645. The first-order valence-corrected chi connectivity index (χ1v) is 5.29. The Kier molecular flexibility index (Phi) is 3.71. The standard InChI is InChI=1S/C12H17F3O/c1-11(2,3)10(4-6-12(13,14)15)9-5-7-16-8-9/h5,7-8,10H,4,6H2,1-3H3. The van der Waals surface area contributed by atoms with E-state index in [0.717, 1.165) is 5.56 Å². The molecule has 0 aliphatic rings. The average Bonchev–Trinajstić information content (AvgIpc) is 2.52. The van der Waals surface area contributed by atoms with Gasteiger partial charge in [-0.3, -0.25) is 0 Å². The van der Waals surface area contributed by atoms with Gasteiger partial charge in [-0.05, 0) is 29.4 Å². The highest BCUT2D eigenvalue weighted by atomic mass is 19.4. The van der Waals surface area contributed by atoms with E-state index in [0.29, 0.717) is 0 Å². The molecule has 1 aromatic heterocycles. The summed E-state index contributed by atoms with van der Waals surface area (Å²) in [5, 5.41) is 0. The van der Waals surface area contributed by atoms with Crippen LogP contribution in [-0.4, -0.2) is 6.18 Å². The maximum absolute atomic E-state index is 12.2. The van der Waals surface area contributed by atoms with Crippen LogP contribution in [0.2, 0.25) is 0 Å². The van der Waals surface area contributed by atoms with E-state index in [2.05, 4.69) is 0 Å². The Morgan fingerprint density at radius 1 is 1.25 bits per heavy atom. The molecule has 0 saturated heterocycles. The summed E-state index contributed by atoms with van der Waals surface area (Å²) in [7, 11) is 0. The summed E-state index contributed by atoms with van der Waals surface area (Å²) in [6.07, 6.45) is -1.70. The summed E-state index contributed by atoms with van der Waals surface area (Å²) in [6, 6.07) is 1.74. The van der Waals surface area contributed by atoms with Crippen LogP contribution in [0.1, 0.15) is 45.1 Å². The van der Waals surface area contributed by atoms with Crippen LogP contribution >= 0.6 is 0 Å². The fourth-order valence-electron chi connectivity index (χ4n) is 1.88. The Bertz CT molecular complexity index is 306. The third kappa shape index (κ3) is 3.91. The summed E-state index contributed by atoms with van der Waals surface area (Å²) in [5.74, 6) is -0.132. The highest BCUT2D eigenvalue weighted by Crippen LogP contribution is 2.40. The van der Waals surface area contributed by atoms with Crippen LogP contribution in [0.3, 0.4) is 0 Å². The normalized spacial score (nSPS) is 15.1. The number of furan rings is 1. The van der Waals surface area contributed by atoms with Crippen LogP contribution < -0.4 is 0 Å². The number of hydrogen-bond acceptors (Lipinski definition) is 1. The van der Waals surface area contributed by atoms with Gasteiger partial charge in [-0.1, -0.05) is 20.8 Å². The molecule has 1 nitrogen and oxygen atoms in total. The summed E-state index contributed by atoms with van der Waals surface area (Å²) in [6.45, 7) is 5.84. The Balaban J connectivity index is 2.75. The predicted molar refractivity (Wildman–Crippen MR) is 56.2 cm³/mol. The first-order chi connectivity index (χ1) is 7.20. The molecule has 0 spiro atoms. The third-order valence-corrected chi connectivity index (χ3v) is 2.71. The van der Waals surface area contributed by atoms with Gasteiger partial charge in [0.15, 0.2) is 0 Å². The van der Waals surface area contributed by atoms with E-state index in [1.54, 1.807) is 6.07 Å². The highest BCUT2D eigenvalue weighted by Gasteiger charge is 2.33. The minimum atomic E-state index is -4.09. The molecule has 92 valence electrons. The number of hydrogen-bond donors (Lipinski definition) is 0. The van der Waals surface area contributed by atoms with Crippen molar-refractivity contribution in [2.75, 3.05) is 0 Å². The number of alkyl halides is 3. The Morgan fingerprint density at radius 3 is 2.25 bits per heavy atom. The van der Waals surface area contributed by atoms with Gasteiger partial charge in [-0.25, -0.2) is 0 Å². The van der Waals surface area contributed by atoms with Crippen molar-refractivity contribution < 1.29 is 17.6 Å². The fourth-order valence-corrected chi connectivity index (χ4v) is 1.88. The molecule has 0 aromatic carbocycles. The molecule has 0 aliphatic carbocycles. The molecule has 0 fully saturated rings. The van der Waals surface area contributed by atoms with Crippen LogP contribution in [0.15, 0.2) is 23.0 Å². The van der Waals surface area contributed by atoms with Crippen LogP contribution in [0, 0.1) is 5.41 Å². The van der Waals surface area contributed by atoms with Gasteiger partial charge in [-0.15, -0.1) is 0 Å². The first-order valence-electron chi connectivity index (χ1n) is 5.29. The van der Waals surface area contributed by atoms with E-state index in [4.69, 9.17) is 4.42 Å². The molecule has 0 aliphatic heterocycles. The molecular formula is C12H17F3O. The smallest absolute Gasteiger partial charge is 0.389 e. The van der Waals surface area contributed by atoms with Crippen LogP contribution in [0.5, 0.6) is 0 Å². The van der Waals surface area contributed by atoms with E-state index in [1.165, 1.54) is 12.5 Å². The van der Waals surface area contributed by atoms with E-state index >= 15 is 0 Å². The van der Waals surface area contributed by atoms with Crippen molar-refractivity contribution >= 4 is 0 Å². The van der Waals surface area contributed by atoms with Gasteiger partial charge in [0.2, 0.25) is 0 Å². The zero-order chi connectivity index (χ0) is 12.4. The minimum Gasteiger partial charge on any atom is -0.472 e. The van der Waals surface area contributed by atoms with Crippen molar-refractivity contribution in [2.45, 2.75) is 45.7 Å². The molecule has 16 heavy (non-hydrogen) atoms. The molecule has 1 heterocycles. The van der Waals surface area contributed by atoms with E-state index in [1.807, 2.05) is 20.8 Å². The fraction of sp³-hybridized carbons (Fsp3) is 0.667. The lowest BCUT2D eigenvalue weighted by Gasteiger charge is -2.30. The monoisotopic (exact) mass is 234 g/mol. The average molecular weight is 234 g/mol. The van der Waals surface area contributed by atoms with Gasteiger partial charge in [0.1, 0.15) is 0 Å². The van der Waals surface area contributed by atoms with Crippen LogP contribution in [-0.2, 0) is 0 Å². The van der Waals surface area contributed by atoms with Gasteiger partial charge in [0.25, 0.3) is 0 Å². The zero-order valence-corrected chi connectivity index (χ0v) is 9.77. The van der Waals surface area contributed by atoms with Crippen LogP contribution in [0.25, 0.3) is 0 Å². The van der Waals surface area contributed by atoms with Crippen molar-refractivity contribution in [3.63, 3.8) is 0 Å². The molecule has 4 heteroatoms. The first kappa shape index (κ1) is 13.1. The van der Waals surface area contributed by atoms with Gasteiger partial charge in [0.05, 0.1) is 12.5 Å². The highest BCUT2D eigenvalue weighted by molar-refractivity contribution is 5.15. The Morgan fingerprint density at radius 2 is 1.88 bits per heavy atom. The maximum atomic E-state index is 12.2. The molecule has 1 rings (SSSR count). The van der Waals surface area contributed by atoms with Gasteiger partial charge < -0.3 is 4.42 Å². The van der Waals surface area contributed by atoms with E-state index in [9.17, 15) is 13.2 Å². The second-order valence-electron chi connectivity index (χ2n) is 5.13. The predicted octanol–water partition coefficient (Wildman–Crippen LogP) is 4.75. The summed E-state index contributed by atoms with van der Waals surface area (Å²) < 4.78 is 41.6. The van der Waals surface area contributed by atoms with E-state index in [-0.39, 0.29) is 17.8 Å². The Hall–Kier alpha value is -0.930. The lowest BCUT2D eigenvalue weighted by Crippen LogP contribution is -2.20. The quantitative estimate of drug-likeness (QED) is 0.735. The molecule has 0 saturated carbocycles. The van der Waals surface area contributed by atoms with Gasteiger partial charge in [0, 0.05) is 6.42 Å². The molecule has 1 aromatic rings. The second-order valence-corrected chi connectivity index (χ2v) is 5.13. The van der Waals surface area contributed by atoms with Gasteiger partial charge in [-0.2, -0.15) is 13.2 Å². The van der Waals surface area contributed by atoms with Crippen molar-refractivity contribution in [2.24, 2.45) is 5.41 Å². The zero-order valence-electron chi connectivity index (χ0n) is 9.77. The lowest BCUT2D eigenvalue weighted by atomic mass is 9.75. The topological polar surface area (TPSA) is 13.1 Å². The largest absolute Gasteiger partial charge is 0.472 e. The SMILES string of the molecule is CC(C)(C)C(CCC(F)(F)F)c1ccoc1. The van der Waals surface area contributed by atoms with Crippen molar-refractivity contribution in [1.29, 1.82) is 0 Å². The maximum Gasteiger partial charge on any atom is 0.389 e. The third-order valence-electron chi connectivity index (χ3n) is 2.71. The van der Waals surface area contributed by atoms with Crippen molar-refractivity contribution in [3.05, 3.63) is 24.2 Å². The summed E-state index contributed by atoms with van der Waals surface area (Å²) >= 11 is 0. The van der Waals surface area contributed by atoms with Gasteiger partial charge >= 0.3 is 6.18 Å². The van der Waals surface area contributed by atoms with Crippen LogP contribution in [0.4, 0.5) is 13.2 Å². The molecule has 0 bridgehead atoms. The molecule has 0 amide bonds. The second kappa shape index (κ2) is 4.52. The number of rotatable bonds is 3. The number of halogens is 3. The molecule has 0 N–H and O–H groups in total. The van der Waals surface area contributed by atoms with E-state index < -0.39 is 12.6 Å². The lowest BCUT2D eigenvalue weighted by molar-refractivity contribution is -0.137. The molecule has 1 atom stereocenters. The molecular weight excluding hydrogens is 217 g/mol.